The van der Waals surface area contributed by atoms with Gasteiger partial charge in [-0.2, -0.15) is 4.98 Å². The van der Waals surface area contributed by atoms with Gasteiger partial charge in [0.2, 0.25) is 17.6 Å². The van der Waals surface area contributed by atoms with E-state index in [9.17, 15) is 4.79 Å². The van der Waals surface area contributed by atoms with Gasteiger partial charge in [0.05, 0.1) is 4.88 Å². The third-order valence-electron chi connectivity index (χ3n) is 3.82. The summed E-state index contributed by atoms with van der Waals surface area (Å²) in [7, 11) is 0. The smallest absolute Gasteiger partial charge is 0.227 e. The number of amides is 1. The molecule has 0 aromatic carbocycles. The molecule has 22 heavy (non-hydrogen) atoms. The molecule has 2 aromatic rings. The number of carbonyl (C=O) groups is 1. The Balaban J connectivity index is 1.79. The second-order valence-electron chi connectivity index (χ2n) is 5.34. The van der Waals surface area contributed by atoms with E-state index < -0.39 is 0 Å². The standard InChI is InChI=1S/C15H22N4O2S/c1-3-15(16,4-2)10-17-12(20)7-8-13-18-14(19-21-13)11-6-5-9-22-11/h5-6,9H,3-4,7-8,10,16H2,1-2H3,(H,17,20). The second kappa shape index (κ2) is 7.51. The Morgan fingerprint density at radius 3 is 2.86 bits per heavy atom. The number of carbonyl (C=O) groups excluding carboxylic acids is 1. The minimum atomic E-state index is -0.327. The van der Waals surface area contributed by atoms with E-state index in [-0.39, 0.29) is 11.4 Å². The maximum atomic E-state index is 11.9. The molecule has 0 aliphatic rings. The van der Waals surface area contributed by atoms with Gasteiger partial charge in [-0.1, -0.05) is 25.1 Å². The van der Waals surface area contributed by atoms with Crippen molar-refractivity contribution >= 4 is 17.2 Å². The normalized spacial score (nSPS) is 11.6. The number of rotatable bonds is 8. The van der Waals surface area contributed by atoms with Gasteiger partial charge in [0, 0.05) is 24.9 Å². The molecule has 120 valence electrons. The van der Waals surface area contributed by atoms with Crippen molar-refractivity contribution in [1.82, 2.24) is 15.5 Å². The summed E-state index contributed by atoms with van der Waals surface area (Å²) >= 11 is 1.55. The Kier molecular flexibility index (Phi) is 5.68. The Bertz CT molecular complexity index is 590. The molecule has 3 N–H and O–H groups in total. The van der Waals surface area contributed by atoms with Gasteiger partial charge in [-0.05, 0) is 24.3 Å². The lowest BCUT2D eigenvalue weighted by molar-refractivity contribution is -0.121. The molecule has 2 heterocycles. The summed E-state index contributed by atoms with van der Waals surface area (Å²) in [5.74, 6) is 1.000. The number of aromatic nitrogens is 2. The molecule has 0 unspecified atom stereocenters. The zero-order valence-corrected chi connectivity index (χ0v) is 13.8. The average molecular weight is 322 g/mol. The van der Waals surface area contributed by atoms with Crippen LogP contribution in [0.5, 0.6) is 0 Å². The van der Waals surface area contributed by atoms with E-state index in [1.807, 2.05) is 31.4 Å². The third kappa shape index (κ3) is 4.38. The summed E-state index contributed by atoms with van der Waals surface area (Å²) in [6.07, 6.45) is 2.41. The van der Waals surface area contributed by atoms with Crippen LogP contribution in [0.3, 0.4) is 0 Å². The van der Waals surface area contributed by atoms with E-state index in [0.29, 0.717) is 31.1 Å². The number of nitrogens with zero attached hydrogens (tertiary/aromatic N) is 2. The van der Waals surface area contributed by atoms with Crippen molar-refractivity contribution in [1.29, 1.82) is 0 Å². The zero-order valence-electron chi connectivity index (χ0n) is 13.0. The summed E-state index contributed by atoms with van der Waals surface area (Å²) < 4.78 is 5.17. The molecule has 0 fully saturated rings. The largest absolute Gasteiger partial charge is 0.354 e. The minimum Gasteiger partial charge on any atom is -0.354 e. The van der Waals surface area contributed by atoms with Crippen LogP contribution in [-0.4, -0.2) is 28.1 Å². The highest BCUT2D eigenvalue weighted by molar-refractivity contribution is 7.13. The summed E-state index contributed by atoms with van der Waals surface area (Å²) in [5.41, 5.74) is 5.83. The van der Waals surface area contributed by atoms with Crippen LogP contribution >= 0.6 is 11.3 Å². The van der Waals surface area contributed by atoms with E-state index in [2.05, 4.69) is 15.5 Å². The first-order chi connectivity index (χ1) is 10.6. The first kappa shape index (κ1) is 16.6. The van der Waals surface area contributed by atoms with E-state index in [1.54, 1.807) is 11.3 Å². The fourth-order valence-electron chi connectivity index (χ4n) is 1.95. The topological polar surface area (TPSA) is 94.0 Å². The van der Waals surface area contributed by atoms with Crippen LogP contribution in [0, 0.1) is 0 Å². The Labute approximate surface area is 134 Å². The highest BCUT2D eigenvalue weighted by Crippen LogP contribution is 2.21. The van der Waals surface area contributed by atoms with Crippen molar-refractivity contribution in [2.45, 2.75) is 45.1 Å². The quantitative estimate of drug-likeness (QED) is 0.778. The van der Waals surface area contributed by atoms with Crippen LogP contribution < -0.4 is 11.1 Å². The first-order valence-electron chi connectivity index (χ1n) is 7.48. The zero-order chi connectivity index (χ0) is 16.0. The molecular formula is C15H22N4O2S. The highest BCUT2D eigenvalue weighted by Gasteiger charge is 2.21. The van der Waals surface area contributed by atoms with Crippen molar-refractivity contribution in [2.24, 2.45) is 5.73 Å². The van der Waals surface area contributed by atoms with E-state index in [0.717, 1.165) is 17.7 Å². The SMILES string of the molecule is CCC(N)(CC)CNC(=O)CCc1nc(-c2cccs2)no1. The number of thiophene rings is 1. The Hall–Kier alpha value is -1.73. The Morgan fingerprint density at radius 2 is 2.23 bits per heavy atom. The first-order valence-corrected chi connectivity index (χ1v) is 8.36. The molecule has 0 aliphatic carbocycles. The van der Waals surface area contributed by atoms with Crippen LogP contribution in [0.25, 0.3) is 10.7 Å². The van der Waals surface area contributed by atoms with Gasteiger partial charge in [0.25, 0.3) is 0 Å². The molecule has 0 atom stereocenters. The number of hydrogen-bond acceptors (Lipinski definition) is 6. The molecule has 0 saturated heterocycles. The second-order valence-corrected chi connectivity index (χ2v) is 6.28. The van der Waals surface area contributed by atoms with E-state index in [1.165, 1.54) is 0 Å². The molecule has 0 aliphatic heterocycles. The average Bonchev–Trinajstić information content (AvgIpc) is 3.21. The van der Waals surface area contributed by atoms with Crippen molar-refractivity contribution in [3.8, 4) is 10.7 Å². The van der Waals surface area contributed by atoms with Crippen LogP contribution in [0.1, 0.15) is 39.0 Å². The predicted octanol–water partition coefficient (Wildman–Crippen LogP) is 2.36. The summed E-state index contributed by atoms with van der Waals surface area (Å²) in [4.78, 5) is 17.1. The van der Waals surface area contributed by atoms with Crippen LogP contribution in [0.4, 0.5) is 0 Å². The van der Waals surface area contributed by atoms with Gasteiger partial charge in [-0.15, -0.1) is 11.3 Å². The van der Waals surface area contributed by atoms with Crippen molar-refractivity contribution < 1.29 is 9.32 Å². The van der Waals surface area contributed by atoms with Crippen molar-refractivity contribution in [2.75, 3.05) is 6.54 Å². The van der Waals surface area contributed by atoms with Gasteiger partial charge in [0.1, 0.15) is 0 Å². The van der Waals surface area contributed by atoms with Gasteiger partial charge in [-0.3, -0.25) is 4.79 Å². The van der Waals surface area contributed by atoms with Gasteiger partial charge in [-0.25, -0.2) is 0 Å². The molecule has 0 radical (unpaired) electrons. The van der Waals surface area contributed by atoms with Gasteiger partial charge >= 0.3 is 0 Å². The van der Waals surface area contributed by atoms with Gasteiger partial charge < -0.3 is 15.6 Å². The van der Waals surface area contributed by atoms with E-state index >= 15 is 0 Å². The molecule has 0 saturated carbocycles. The molecule has 1 amide bonds. The fraction of sp³-hybridized carbons (Fsp3) is 0.533. The number of hydrogen-bond donors (Lipinski definition) is 2. The van der Waals surface area contributed by atoms with Crippen molar-refractivity contribution in [3.63, 3.8) is 0 Å². The minimum absolute atomic E-state index is 0.0485. The number of nitrogens with one attached hydrogen (secondary N) is 1. The summed E-state index contributed by atoms with van der Waals surface area (Å²) in [6, 6.07) is 3.87. The summed E-state index contributed by atoms with van der Waals surface area (Å²) in [6.45, 7) is 4.55. The van der Waals surface area contributed by atoms with Gasteiger partial charge in [0.15, 0.2) is 0 Å². The molecule has 0 spiro atoms. The molecule has 7 heteroatoms. The number of aryl methyl sites for hydroxylation is 1. The fourth-order valence-corrected chi connectivity index (χ4v) is 2.59. The summed E-state index contributed by atoms with van der Waals surface area (Å²) in [5, 5.41) is 8.76. The van der Waals surface area contributed by atoms with Crippen LogP contribution in [-0.2, 0) is 11.2 Å². The van der Waals surface area contributed by atoms with Crippen LogP contribution in [0.2, 0.25) is 0 Å². The monoisotopic (exact) mass is 322 g/mol. The maximum absolute atomic E-state index is 11.9. The lowest BCUT2D eigenvalue weighted by atomic mass is 9.94. The predicted molar refractivity (Wildman–Crippen MR) is 86.4 cm³/mol. The maximum Gasteiger partial charge on any atom is 0.227 e. The molecule has 2 rings (SSSR count). The Morgan fingerprint density at radius 1 is 1.45 bits per heavy atom. The lowest BCUT2D eigenvalue weighted by Gasteiger charge is -2.26. The third-order valence-corrected chi connectivity index (χ3v) is 4.69. The molecule has 2 aromatic heterocycles. The molecule has 0 bridgehead atoms. The molecule has 6 nitrogen and oxygen atoms in total. The van der Waals surface area contributed by atoms with Crippen molar-refractivity contribution in [3.05, 3.63) is 23.4 Å². The molecular weight excluding hydrogens is 300 g/mol. The number of nitrogens with two attached hydrogens (primary N) is 1. The van der Waals surface area contributed by atoms with E-state index in [4.69, 9.17) is 10.3 Å². The van der Waals surface area contributed by atoms with Crippen LogP contribution in [0.15, 0.2) is 22.0 Å². The lowest BCUT2D eigenvalue weighted by Crippen LogP contribution is -2.49. The highest BCUT2D eigenvalue weighted by atomic mass is 32.1.